The van der Waals surface area contributed by atoms with Gasteiger partial charge in [-0.1, -0.05) is 43.8 Å². The van der Waals surface area contributed by atoms with Gasteiger partial charge in [0.15, 0.2) is 0 Å². The summed E-state index contributed by atoms with van der Waals surface area (Å²) in [5, 5.41) is 8.56. The predicted octanol–water partition coefficient (Wildman–Crippen LogP) is 4.03. The van der Waals surface area contributed by atoms with Gasteiger partial charge in [0.1, 0.15) is 11.8 Å². The van der Waals surface area contributed by atoms with Gasteiger partial charge in [-0.15, -0.1) is 5.10 Å². The normalized spacial score (nSPS) is 15.8. The third-order valence-electron chi connectivity index (χ3n) is 4.35. The van der Waals surface area contributed by atoms with Crippen molar-refractivity contribution in [2.75, 3.05) is 24.8 Å². The molecule has 0 fully saturated rings. The van der Waals surface area contributed by atoms with Crippen molar-refractivity contribution in [2.24, 2.45) is 0 Å². The number of anilines is 1. The summed E-state index contributed by atoms with van der Waals surface area (Å²) in [7, 11) is 1.39. The van der Waals surface area contributed by atoms with Crippen molar-refractivity contribution in [3.63, 3.8) is 0 Å². The number of hydrogen-bond acceptors (Lipinski definition) is 7. The van der Waals surface area contributed by atoms with E-state index < -0.39 is 12.0 Å². The highest BCUT2D eigenvalue weighted by molar-refractivity contribution is 7.99. The minimum atomic E-state index is -0.472. The van der Waals surface area contributed by atoms with Gasteiger partial charge in [-0.2, -0.15) is 4.98 Å². The fourth-order valence-corrected chi connectivity index (χ4v) is 3.78. The number of para-hydroxylation sites is 1. The summed E-state index contributed by atoms with van der Waals surface area (Å²) in [6.45, 7) is 6.63. The number of rotatable bonds is 8. The van der Waals surface area contributed by atoms with Crippen LogP contribution in [-0.2, 0) is 9.53 Å². The third kappa shape index (κ3) is 4.01. The van der Waals surface area contributed by atoms with Gasteiger partial charge < -0.3 is 14.8 Å². The number of nitrogens with one attached hydrogen (secondary N) is 1. The van der Waals surface area contributed by atoms with Crippen molar-refractivity contribution in [2.45, 2.75) is 44.8 Å². The number of fused-ring (bicyclic) bond motifs is 1. The molecular weight excluding hydrogens is 376 g/mol. The van der Waals surface area contributed by atoms with Gasteiger partial charge in [-0.05, 0) is 25.8 Å². The molecule has 1 aliphatic rings. The molecular formula is C20H26N4O3S. The summed E-state index contributed by atoms with van der Waals surface area (Å²) < 4.78 is 12.8. The standard InChI is InChI=1S/C20H26N4O3S/c1-5-11-27-15-10-8-7-9-14(15)17-16(18(25)26-4)13(3)21-19-22-20(23-24(17)19)28-12-6-2/h7-10,17H,5-6,11-12H2,1-4H3,(H,21,22,23). The zero-order valence-electron chi connectivity index (χ0n) is 16.7. The number of allylic oxidation sites excluding steroid dienone is 1. The highest BCUT2D eigenvalue weighted by atomic mass is 32.2. The Morgan fingerprint density at radius 1 is 1.29 bits per heavy atom. The maximum Gasteiger partial charge on any atom is 0.338 e. The SMILES string of the molecule is CCCOc1ccccc1C1C(C(=O)OC)=C(C)Nc2nc(SCCC)nn21. The molecule has 1 atom stereocenters. The van der Waals surface area contributed by atoms with E-state index in [-0.39, 0.29) is 0 Å². The summed E-state index contributed by atoms with van der Waals surface area (Å²) in [6.07, 6.45) is 1.93. The fourth-order valence-electron chi connectivity index (χ4n) is 3.10. The Morgan fingerprint density at radius 3 is 2.79 bits per heavy atom. The molecule has 150 valence electrons. The second-order valence-electron chi connectivity index (χ2n) is 6.46. The molecule has 7 nitrogen and oxygen atoms in total. The van der Waals surface area contributed by atoms with E-state index in [9.17, 15) is 4.79 Å². The van der Waals surface area contributed by atoms with E-state index in [1.165, 1.54) is 7.11 Å². The summed E-state index contributed by atoms with van der Waals surface area (Å²) in [5.41, 5.74) is 2.06. The molecule has 0 aliphatic carbocycles. The van der Waals surface area contributed by atoms with Crippen LogP contribution in [0.25, 0.3) is 0 Å². The minimum Gasteiger partial charge on any atom is -0.493 e. The van der Waals surface area contributed by atoms with Crippen molar-refractivity contribution in [1.82, 2.24) is 14.8 Å². The summed E-state index contributed by atoms with van der Waals surface area (Å²) in [6, 6.07) is 7.26. The van der Waals surface area contributed by atoms with Crippen LogP contribution in [0.4, 0.5) is 5.95 Å². The van der Waals surface area contributed by atoms with Crippen molar-refractivity contribution in [1.29, 1.82) is 0 Å². The maximum atomic E-state index is 12.6. The lowest BCUT2D eigenvalue weighted by Crippen LogP contribution is -2.29. The number of ether oxygens (including phenoxy) is 2. The Balaban J connectivity index is 2.12. The van der Waals surface area contributed by atoms with Crippen LogP contribution in [0.5, 0.6) is 5.75 Å². The topological polar surface area (TPSA) is 78.3 Å². The van der Waals surface area contributed by atoms with Crippen molar-refractivity contribution in [3.8, 4) is 5.75 Å². The molecule has 1 N–H and O–H groups in total. The van der Waals surface area contributed by atoms with Gasteiger partial charge in [0, 0.05) is 17.0 Å². The first-order chi connectivity index (χ1) is 13.6. The highest BCUT2D eigenvalue weighted by Crippen LogP contribution is 2.40. The molecule has 1 aliphatic heterocycles. The molecule has 1 unspecified atom stereocenters. The van der Waals surface area contributed by atoms with Gasteiger partial charge in [-0.3, -0.25) is 0 Å². The van der Waals surface area contributed by atoms with Crippen LogP contribution >= 0.6 is 11.8 Å². The lowest BCUT2D eigenvalue weighted by molar-refractivity contribution is -0.136. The largest absolute Gasteiger partial charge is 0.493 e. The Hall–Kier alpha value is -2.48. The van der Waals surface area contributed by atoms with E-state index in [4.69, 9.17) is 9.47 Å². The van der Waals surface area contributed by atoms with Crippen molar-refractivity contribution < 1.29 is 14.3 Å². The molecule has 1 aromatic carbocycles. The Bertz CT molecular complexity index is 878. The van der Waals surface area contributed by atoms with Crippen LogP contribution in [0.3, 0.4) is 0 Å². The summed E-state index contributed by atoms with van der Waals surface area (Å²) in [5.74, 6) is 1.87. The lowest BCUT2D eigenvalue weighted by Gasteiger charge is -2.28. The molecule has 8 heteroatoms. The molecule has 0 bridgehead atoms. The first kappa shape index (κ1) is 20.3. The number of hydrogen-bond donors (Lipinski definition) is 1. The maximum absolute atomic E-state index is 12.6. The van der Waals surface area contributed by atoms with Crippen LogP contribution in [0, 0.1) is 0 Å². The van der Waals surface area contributed by atoms with Gasteiger partial charge in [-0.25, -0.2) is 9.48 Å². The quantitative estimate of drug-likeness (QED) is 0.527. The molecule has 0 spiro atoms. The number of thioether (sulfide) groups is 1. The molecule has 0 radical (unpaired) electrons. The van der Waals surface area contributed by atoms with Crippen LogP contribution in [0.2, 0.25) is 0 Å². The van der Waals surface area contributed by atoms with Crippen LogP contribution in [-0.4, -0.2) is 40.2 Å². The van der Waals surface area contributed by atoms with E-state index in [0.717, 1.165) is 29.9 Å². The number of nitrogens with zero attached hydrogens (tertiary/aromatic N) is 3. The molecule has 0 saturated heterocycles. The van der Waals surface area contributed by atoms with Gasteiger partial charge in [0.05, 0.1) is 19.3 Å². The lowest BCUT2D eigenvalue weighted by atomic mass is 9.95. The third-order valence-corrected chi connectivity index (χ3v) is 5.39. The highest BCUT2D eigenvalue weighted by Gasteiger charge is 2.36. The molecule has 0 amide bonds. The van der Waals surface area contributed by atoms with Crippen LogP contribution in [0.1, 0.15) is 45.2 Å². The number of esters is 1. The molecule has 28 heavy (non-hydrogen) atoms. The monoisotopic (exact) mass is 402 g/mol. The molecule has 2 heterocycles. The van der Waals surface area contributed by atoms with E-state index >= 15 is 0 Å². The summed E-state index contributed by atoms with van der Waals surface area (Å²) in [4.78, 5) is 17.2. The second-order valence-corrected chi connectivity index (χ2v) is 7.52. The van der Waals surface area contributed by atoms with Gasteiger partial charge in [0.2, 0.25) is 11.1 Å². The average molecular weight is 403 g/mol. The van der Waals surface area contributed by atoms with Gasteiger partial charge in [0.25, 0.3) is 0 Å². The Morgan fingerprint density at radius 2 is 2.07 bits per heavy atom. The predicted molar refractivity (Wildman–Crippen MR) is 110 cm³/mol. The molecule has 1 aromatic heterocycles. The summed E-state index contributed by atoms with van der Waals surface area (Å²) >= 11 is 1.60. The molecule has 0 saturated carbocycles. The average Bonchev–Trinajstić information content (AvgIpc) is 3.11. The fraction of sp³-hybridized carbons (Fsp3) is 0.450. The zero-order chi connectivity index (χ0) is 20.1. The second kappa shape index (κ2) is 9.14. The van der Waals surface area contributed by atoms with E-state index in [2.05, 4.69) is 29.2 Å². The van der Waals surface area contributed by atoms with Crippen molar-refractivity contribution >= 4 is 23.7 Å². The van der Waals surface area contributed by atoms with Crippen molar-refractivity contribution in [3.05, 3.63) is 41.1 Å². The zero-order valence-corrected chi connectivity index (χ0v) is 17.5. The molecule has 2 aromatic rings. The number of methoxy groups -OCH3 is 1. The van der Waals surface area contributed by atoms with E-state index in [1.807, 2.05) is 31.2 Å². The van der Waals surface area contributed by atoms with E-state index in [1.54, 1.807) is 16.4 Å². The van der Waals surface area contributed by atoms with Crippen LogP contribution in [0.15, 0.2) is 40.7 Å². The van der Waals surface area contributed by atoms with Gasteiger partial charge >= 0.3 is 5.97 Å². The number of carbonyl (C=O) groups excluding carboxylic acids is 1. The first-order valence-corrected chi connectivity index (χ1v) is 10.5. The smallest absolute Gasteiger partial charge is 0.338 e. The van der Waals surface area contributed by atoms with E-state index in [0.29, 0.717) is 29.0 Å². The van der Waals surface area contributed by atoms with Crippen LogP contribution < -0.4 is 10.1 Å². The Kier molecular flexibility index (Phi) is 6.61. The first-order valence-electron chi connectivity index (χ1n) is 9.47. The molecule has 3 rings (SSSR count). The number of carbonyl (C=O) groups is 1. The number of aromatic nitrogens is 3. The minimum absolute atomic E-state index is 0.399. The number of benzene rings is 1. The Labute approximate surface area is 169 Å².